The van der Waals surface area contributed by atoms with Crippen molar-refractivity contribution in [3.8, 4) is 5.75 Å². The van der Waals surface area contributed by atoms with E-state index in [1.807, 2.05) is 0 Å². The van der Waals surface area contributed by atoms with Gasteiger partial charge < -0.3 is 15.8 Å². The van der Waals surface area contributed by atoms with Gasteiger partial charge in [0.1, 0.15) is 10.8 Å². The van der Waals surface area contributed by atoms with Gasteiger partial charge in [-0.3, -0.25) is 0 Å². The van der Waals surface area contributed by atoms with Gasteiger partial charge in [-0.2, -0.15) is 0 Å². The smallest absolute Gasteiger partial charge is 0.407 e. The highest BCUT2D eigenvalue weighted by Crippen LogP contribution is 2.36. The van der Waals surface area contributed by atoms with Gasteiger partial charge in [-0.15, -0.1) is 0 Å². The van der Waals surface area contributed by atoms with E-state index in [9.17, 15) is 13.6 Å². The van der Waals surface area contributed by atoms with Crippen molar-refractivity contribution in [1.82, 2.24) is 0 Å². The van der Waals surface area contributed by atoms with E-state index in [-0.39, 0.29) is 17.4 Å². The Hall–Kier alpha value is -2.08. The third-order valence-corrected chi connectivity index (χ3v) is 3.60. The van der Waals surface area contributed by atoms with E-state index in [0.29, 0.717) is 0 Å². The molecule has 0 saturated heterocycles. The van der Waals surface area contributed by atoms with Crippen LogP contribution in [0.3, 0.4) is 0 Å². The number of primary amides is 1. The number of nitrogens with two attached hydrogens (primary N) is 1. The Morgan fingerprint density at radius 2 is 2.19 bits per heavy atom. The van der Waals surface area contributed by atoms with Crippen LogP contribution in [0.15, 0.2) is 42.3 Å². The zero-order chi connectivity index (χ0) is 15.6. The van der Waals surface area contributed by atoms with Crippen LogP contribution in [0.25, 0.3) is 0 Å². The van der Waals surface area contributed by atoms with E-state index in [2.05, 4.69) is 10.1 Å². The van der Waals surface area contributed by atoms with E-state index in [1.54, 1.807) is 13.0 Å². The molecule has 4 nitrogen and oxygen atoms in total. The van der Waals surface area contributed by atoms with Gasteiger partial charge in [-0.25, -0.2) is 13.6 Å². The summed E-state index contributed by atoms with van der Waals surface area (Å²) in [6.45, 7) is 1.75. The minimum absolute atomic E-state index is 0.0325. The SMILES string of the molecule is CC1C=CC(F)=CC1(Cl)Nc1cccc(OC(N)=O)c1F. The van der Waals surface area contributed by atoms with Crippen molar-refractivity contribution in [1.29, 1.82) is 0 Å². The first-order chi connectivity index (χ1) is 9.82. The number of allylic oxidation sites excluding steroid dienone is 2. The molecule has 1 aromatic rings. The van der Waals surface area contributed by atoms with Crippen molar-refractivity contribution in [2.75, 3.05) is 5.32 Å². The van der Waals surface area contributed by atoms with Crippen LogP contribution in [0, 0.1) is 11.7 Å². The average Bonchev–Trinajstić information content (AvgIpc) is 2.38. The molecule has 7 heteroatoms. The monoisotopic (exact) mass is 314 g/mol. The Morgan fingerprint density at radius 1 is 1.48 bits per heavy atom. The Bertz CT molecular complexity index is 633. The summed E-state index contributed by atoms with van der Waals surface area (Å²) in [6.07, 6.45) is 2.87. The van der Waals surface area contributed by atoms with Crippen molar-refractivity contribution in [2.45, 2.75) is 11.9 Å². The lowest BCUT2D eigenvalue weighted by Crippen LogP contribution is -2.37. The molecule has 2 unspecified atom stereocenters. The lowest BCUT2D eigenvalue weighted by Gasteiger charge is -2.32. The number of amides is 1. The van der Waals surface area contributed by atoms with E-state index in [1.165, 1.54) is 24.3 Å². The Balaban J connectivity index is 2.31. The maximum absolute atomic E-state index is 14.2. The predicted octanol–water partition coefficient (Wildman–Crippen LogP) is 3.69. The van der Waals surface area contributed by atoms with Crippen LogP contribution in [0.1, 0.15) is 6.92 Å². The molecule has 1 aliphatic rings. The van der Waals surface area contributed by atoms with Gasteiger partial charge in [0, 0.05) is 5.92 Å². The number of nitrogens with one attached hydrogen (secondary N) is 1. The molecular formula is C14H13ClF2N2O2. The van der Waals surface area contributed by atoms with Crippen LogP contribution in [-0.4, -0.2) is 11.1 Å². The molecule has 0 aliphatic heterocycles. The number of ether oxygens (including phenoxy) is 1. The molecule has 0 heterocycles. The van der Waals surface area contributed by atoms with E-state index >= 15 is 0 Å². The molecule has 2 rings (SSSR count). The summed E-state index contributed by atoms with van der Waals surface area (Å²) in [5, 5.41) is 2.71. The second kappa shape index (κ2) is 5.73. The molecule has 0 fully saturated rings. The zero-order valence-electron chi connectivity index (χ0n) is 11.1. The molecule has 1 aromatic carbocycles. The van der Waals surface area contributed by atoms with Crippen LogP contribution < -0.4 is 15.8 Å². The molecule has 0 spiro atoms. The van der Waals surface area contributed by atoms with Crippen molar-refractivity contribution in [3.05, 3.63) is 48.1 Å². The molecule has 21 heavy (non-hydrogen) atoms. The fourth-order valence-corrected chi connectivity index (χ4v) is 2.19. The molecule has 0 aromatic heterocycles. The molecule has 1 aliphatic carbocycles. The van der Waals surface area contributed by atoms with Gasteiger partial charge in [-0.1, -0.05) is 30.7 Å². The van der Waals surface area contributed by atoms with Crippen LogP contribution >= 0.6 is 11.6 Å². The highest BCUT2D eigenvalue weighted by Gasteiger charge is 2.34. The normalized spacial score (nSPS) is 24.4. The molecule has 1 amide bonds. The van der Waals surface area contributed by atoms with Gasteiger partial charge in [0.15, 0.2) is 11.6 Å². The third kappa shape index (κ3) is 3.33. The summed E-state index contributed by atoms with van der Waals surface area (Å²) in [6, 6.07) is 4.09. The summed E-state index contributed by atoms with van der Waals surface area (Å²) in [5.41, 5.74) is 4.82. The third-order valence-electron chi connectivity index (χ3n) is 3.05. The summed E-state index contributed by atoms with van der Waals surface area (Å²) in [5.74, 6) is -2.00. The Labute approximate surface area is 125 Å². The first-order valence-corrected chi connectivity index (χ1v) is 6.49. The highest BCUT2D eigenvalue weighted by atomic mass is 35.5. The fraction of sp³-hybridized carbons (Fsp3) is 0.214. The summed E-state index contributed by atoms with van der Waals surface area (Å²) in [7, 11) is 0. The second-order valence-corrected chi connectivity index (χ2v) is 5.23. The molecule has 2 atom stereocenters. The van der Waals surface area contributed by atoms with Gasteiger partial charge in [0.25, 0.3) is 0 Å². The average molecular weight is 315 g/mol. The first-order valence-electron chi connectivity index (χ1n) is 6.11. The van der Waals surface area contributed by atoms with Crippen LogP contribution in [-0.2, 0) is 0 Å². The minimum atomic E-state index is -1.33. The molecule has 112 valence electrons. The fourth-order valence-electron chi connectivity index (χ4n) is 1.91. The van der Waals surface area contributed by atoms with Crippen LogP contribution in [0.4, 0.5) is 19.3 Å². The molecule has 0 radical (unpaired) electrons. The number of carbonyl (C=O) groups is 1. The van der Waals surface area contributed by atoms with Crippen molar-refractivity contribution in [3.63, 3.8) is 0 Å². The van der Waals surface area contributed by atoms with Crippen LogP contribution in [0.2, 0.25) is 0 Å². The van der Waals surface area contributed by atoms with Crippen molar-refractivity contribution in [2.24, 2.45) is 11.7 Å². The quantitative estimate of drug-likeness (QED) is 0.660. The van der Waals surface area contributed by atoms with Crippen molar-refractivity contribution < 1.29 is 18.3 Å². The second-order valence-electron chi connectivity index (χ2n) is 4.61. The lowest BCUT2D eigenvalue weighted by atomic mass is 9.95. The topological polar surface area (TPSA) is 64.3 Å². The van der Waals surface area contributed by atoms with E-state index in [0.717, 1.165) is 6.08 Å². The maximum Gasteiger partial charge on any atom is 0.410 e. The number of hydrogen-bond donors (Lipinski definition) is 2. The number of alkyl halides is 1. The number of anilines is 1. The summed E-state index contributed by atoms with van der Waals surface area (Å²) < 4.78 is 32.1. The number of benzene rings is 1. The maximum atomic E-state index is 14.2. The van der Waals surface area contributed by atoms with Gasteiger partial charge in [-0.05, 0) is 24.3 Å². The summed E-state index contributed by atoms with van der Waals surface area (Å²) >= 11 is 6.31. The zero-order valence-corrected chi connectivity index (χ0v) is 11.8. The number of halogens is 3. The van der Waals surface area contributed by atoms with E-state index in [4.69, 9.17) is 17.3 Å². The molecular weight excluding hydrogens is 302 g/mol. The largest absolute Gasteiger partial charge is 0.410 e. The minimum Gasteiger partial charge on any atom is -0.407 e. The molecule has 3 N–H and O–H groups in total. The standard InChI is InChI=1S/C14H13ClF2N2O2/c1-8-5-6-9(16)7-14(8,15)19-10-3-2-4-11(12(10)17)21-13(18)20/h2-8,19H,1H3,(H2,18,20). The lowest BCUT2D eigenvalue weighted by molar-refractivity contribution is 0.209. The van der Waals surface area contributed by atoms with Crippen LogP contribution in [0.5, 0.6) is 5.75 Å². The highest BCUT2D eigenvalue weighted by molar-refractivity contribution is 6.27. The predicted molar refractivity (Wildman–Crippen MR) is 76.3 cm³/mol. The Kier molecular flexibility index (Phi) is 4.18. The number of carbonyl (C=O) groups excluding carboxylic acids is 1. The van der Waals surface area contributed by atoms with Gasteiger partial charge in [0.05, 0.1) is 5.69 Å². The number of rotatable bonds is 3. The molecule has 0 saturated carbocycles. The Morgan fingerprint density at radius 3 is 2.86 bits per heavy atom. The number of hydrogen-bond acceptors (Lipinski definition) is 3. The summed E-state index contributed by atoms with van der Waals surface area (Å²) in [4.78, 5) is 9.37. The van der Waals surface area contributed by atoms with Gasteiger partial charge >= 0.3 is 6.09 Å². The van der Waals surface area contributed by atoms with Gasteiger partial charge in [0.2, 0.25) is 0 Å². The first kappa shape index (κ1) is 15.3. The van der Waals surface area contributed by atoms with Crippen molar-refractivity contribution >= 4 is 23.4 Å². The molecule has 0 bridgehead atoms. The van der Waals surface area contributed by atoms with E-state index < -0.39 is 22.7 Å².